The molecule has 0 aromatic heterocycles. The van der Waals surface area contributed by atoms with Gasteiger partial charge in [-0.05, 0) is 89.9 Å². The van der Waals surface area contributed by atoms with Gasteiger partial charge in [0, 0.05) is 12.8 Å². The molecule has 0 spiro atoms. The lowest BCUT2D eigenvalue weighted by Crippen LogP contribution is -2.34. The van der Waals surface area contributed by atoms with Gasteiger partial charge in [-0.25, -0.2) is 4.57 Å². The minimum atomic E-state index is -4.76. The van der Waals surface area contributed by atoms with Crippen LogP contribution < -0.4 is 5.73 Å². The van der Waals surface area contributed by atoms with Crippen LogP contribution in [0.2, 0.25) is 0 Å². The van der Waals surface area contributed by atoms with Crippen molar-refractivity contribution in [1.29, 1.82) is 0 Å². The number of unbranched alkanes of at least 4 members (excludes halogenated alkanes) is 4. The van der Waals surface area contributed by atoms with E-state index in [1.54, 1.807) is 0 Å². The number of phosphoric acid groups is 1. The second-order valence-corrected chi connectivity index (χ2v) is 15.2. The molecule has 60 heavy (non-hydrogen) atoms. The molecule has 12 heteroatoms. The molecule has 0 aliphatic heterocycles. The van der Waals surface area contributed by atoms with Crippen LogP contribution in [0.1, 0.15) is 129 Å². The Balaban J connectivity index is 4.62. The topological polar surface area (TPSA) is 172 Å². The fourth-order valence-electron chi connectivity index (χ4n) is 4.85. The van der Waals surface area contributed by atoms with Crippen molar-refractivity contribution < 1.29 is 47.5 Å². The number of nitrogens with two attached hydrogens (primary N) is 1. The van der Waals surface area contributed by atoms with Gasteiger partial charge in [-0.15, -0.1) is 0 Å². The standard InChI is InChI=1S/C48H74NO10P/c1-3-5-7-9-11-13-15-17-19-21-22-24-26-28-30-32-34-36-38-40-47(51)59-44(42-57-60(54,55)58-43-45(49)48(52)53)41-56-46(50)39-37-35-33-31-29-27-25-23-20-18-16-14-12-10-8-6-4-2/h5,7,11-14,17-20,22,24-25,27-28,30-31,33-34,36,44-45H,3-4,6,8-10,15-16,21,23,26,29,32,35,37-43,49H2,1-2H3,(H,52,53)(H,54,55)/b7-5-,13-11-,14-12-,19-17-,20-18-,24-22-,27-25-,30-28-,33-31-,36-34-/t44-,45+/m1/s1. The first-order valence-electron chi connectivity index (χ1n) is 21.6. The molecule has 0 rings (SSSR count). The second-order valence-electron chi connectivity index (χ2n) is 13.7. The first-order chi connectivity index (χ1) is 29.1. The zero-order valence-corrected chi connectivity index (χ0v) is 37.1. The molecule has 0 saturated heterocycles. The lowest BCUT2D eigenvalue weighted by molar-refractivity contribution is -0.161. The van der Waals surface area contributed by atoms with Crippen molar-refractivity contribution in [3.8, 4) is 0 Å². The smallest absolute Gasteiger partial charge is 0.472 e. The number of carbonyl (C=O) groups excluding carboxylic acids is 2. The van der Waals surface area contributed by atoms with Gasteiger partial charge >= 0.3 is 25.7 Å². The number of hydrogen-bond acceptors (Lipinski definition) is 9. The Morgan fingerprint density at radius 2 is 0.950 bits per heavy atom. The third-order valence-electron chi connectivity index (χ3n) is 8.21. The van der Waals surface area contributed by atoms with E-state index in [1.165, 1.54) is 19.3 Å². The maximum absolute atomic E-state index is 12.6. The quantitative estimate of drug-likeness (QED) is 0.0233. The van der Waals surface area contributed by atoms with Gasteiger partial charge in [-0.3, -0.25) is 23.4 Å². The first kappa shape index (κ1) is 55.9. The molecule has 0 heterocycles. The number of allylic oxidation sites excluding steroid dienone is 20. The molecule has 0 aliphatic carbocycles. The summed E-state index contributed by atoms with van der Waals surface area (Å²) in [7, 11) is -4.76. The van der Waals surface area contributed by atoms with E-state index in [4.69, 9.17) is 24.8 Å². The van der Waals surface area contributed by atoms with Gasteiger partial charge in [0.1, 0.15) is 12.6 Å². The Kier molecular flexibility index (Phi) is 38.8. The molecule has 4 N–H and O–H groups in total. The monoisotopic (exact) mass is 856 g/mol. The maximum Gasteiger partial charge on any atom is 0.472 e. The molecule has 0 fully saturated rings. The van der Waals surface area contributed by atoms with Gasteiger partial charge in [0.2, 0.25) is 0 Å². The number of carboxylic acids is 1. The molecule has 1 unspecified atom stereocenters. The van der Waals surface area contributed by atoms with E-state index in [9.17, 15) is 23.8 Å². The number of carbonyl (C=O) groups is 3. The van der Waals surface area contributed by atoms with E-state index < -0.39 is 57.7 Å². The first-order valence-corrected chi connectivity index (χ1v) is 23.1. The molecule has 0 aliphatic rings. The van der Waals surface area contributed by atoms with Crippen LogP contribution in [-0.2, 0) is 37.5 Å². The molecule has 11 nitrogen and oxygen atoms in total. The van der Waals surface area contributed by atoms with Crippen LogP contribution >= 0.6 is 7.82 Å². The number of phosphoric ester groups is 1. The maximum atomic E-state index is 12.6. The molecule has 0 aromatic rings. The fourth-order valence-corrected chi connectivity index (χ4v) is 5.62. The Bertz CT molecular complexity index is 1470. The number of hydrogen-bond donors (Lipinski definition) is 3. The van der Waals surface area contributed by atoms with Crippen molar-refractivity contribution in [2.24, 2.45) is 5.73 Å². The number of aliphatic carboxylic acids is 1. The summed E-state index contributed by atoms with van der Waals surface area (Å²) in [6, 6.07) is -1.55. The van der Waals surface area contributed by atoms with E-state index in [1.807, 2.05) is 30.4 Å². The summed E-state index contributed by atoms with van der Waals surface area (Å²) >= 11 is 0. The Morgan fingerprint density at radius 1 is 0.533 bits per heavy atom. The van der Waals surface area contributed by atoms with Crippen LogP contribution in [-0.4, -0.2) is 59.9 Å². The van der Waals surface area contributed by atoms with Crippen LogP contribution in [0, 0.1) is 0 Å². The molecule has 3 atom stereocenters. The van der Waals surface area contributed by atoms with Crippen LogP contribution in [0.3, 0.4) is 0 Å². The molecular weight excluding hydrogens is 781 g/mol. The second kappa shape index (κ2) is 41.6. The summed E-state index contributed by atoms with van der Waals surface area (Å²) in [5.41, 5.74) is 5.32. The molecule has 0 amide bonds. The zero-order chi connectivity index (χ0) is 44.2. The number of carboxylic acid groups (broad SMARTS) is 1. The predicted molar refractivity (Wildman–Crippen MR) is 244 cm³/mol. The normalized spacial score (nSPS) is 14.9. The predicted octanol–water partition coefficient (Wildman–Crippen LogP) is 11.6. The highest BCUT2D eigenvalue weighted by Crippen LogP contribution is 2.43. The molecule has 336 valence electrons. The van der Waals surface area contributed by atoms with Gasteiger partial charge in [0.05, 0.1) is 13.2 Å². The largest absolute Gasteiger partial charge is 0.480 e. The van der Waals surface area contributed by atoms with Crippen molar-refractivity contribution in [1.82, 2.24) is 0 Å². The average molecular weight is 856 g/mol. The third kappa shape index (κ3) is 40.7. The Morgan fingerprint density at radius 3 is 1.40 bits per heavy atom. The minimum absolute atomic E-state index is 0.0163. The van der Waals surface area contributed by atoms with E-state index in [0.29, 0.717) is 25.7 Å². The van der Waals surface area contributed by atoms with E-state index >= 15 is 0 Å². The molecule has 0 radical (unpaired) electrons. The fraction of sp³-hybridized carbons (Fsp3) is 0.521. The minimum Gasteiger partial charge on any atom is -0.480 e. The van der Waals surface area contributed by atoms with Crippen molar-refractivity contribution in [3.63, 3.8) is 0 Å². The Labute approximate surface area is 360 Å². The van der Waals surface area contributed by atoms with Crippen molar-refractivity contribution in [2.75, 3.05) is 19.8 Å². The Hall–Kier alpha value is -4.12. The molecule has 0 aromatic carbocycles. The van der Waals surface area contributed by atoms with Gasteiger partial charge in [0.25, 0.3) is 0 Å². The van der Waals surface area contributed by atoms with Crippen molar-refractivity contribution in [2.45, 2.75) is 142 Å². The highest BCUT2D eigenvalue weighted by Gasteiger charge is 2.28. The van der Waals surface area contributed by atoms with Crippen molar-refractivity contribution in [3.05, 3.63) is 122 Å². The highest BCUT2D eigenvalue weighted by atomic mass is 31.2. The van der Waals surface area contributed by atoms with E-state index in [-0.39, 0.29) is 12.8 Å². The summed E-state index contributed by atoms with van der Waals surface area (Å²) in [4.78, 5) is 45.9. The van der Waals surface area contributed by atoms with Crippen LogP contribution in [0.5, 0.6) is 0 Å². The van der Waals surface area contributed by atoms with Gasteiger partial charge in [0.15, 0.2) is 6.10 Å². The van der Waals surface area contributed by atoms with Gasteiger partial charge in [-0.2, -0.15) is 0 Å². The SMILES string of the molecule is CC/C=C\C/C=C\C/C=C\C/C=C\C/C=C\C/C=C\CCC(=O)O[C@H](COC(=O)CCC/C=C\C/C=C\C/C=C\C/C=C\CCCCC)COP(=O)(O)OC[C@H](N)C(=O)O. The van der Waals surface area contributed by atoms with Gasteiger partial charge < -0.3 is 25.2 Å². The van der Waals surface area contributed by atoms with Crippen LogP contribution in [0.4, 0.5) is 0 Å². The number of rotatable bonds is 38. The summed E-state index contributed by atoms with van der Waals surface area (Å²) in [5.74, 6) is -2.58. The molecule has 0 bridgehead atoms. The lowest BCUT2D eigenvalue weighted by atomic mass is 10.2. The number of ether oxygens (including phenoxy) is 2. The highest BCUT2D eigenvalue weighted by molar-refractivity contribution is 7.47. The number of esters is 2. The summed E-state index contributed by atoms with van der Waals surface area (Å²) in [6.07, 6.45) is 55.7. The van der Waals surface area contributed by atoms with Crippen molar-refractivity contribution >= 4 is 25.7 Å². The van der Waals surface area contributed by atoms with Crippen LogP contribution in [0.15, 0.2) is 122 Å². The molecule has 0 saturated carbocycles. The summed E-state index contributed by atoms with van der Waals surface area (Å²) < 4.78 is 32.5. The average Bonchev–Trinajstić information content (AvgIpc) is 3.22. The summed E-state index contributed by atoms with van der Waals surface area (Å²) in [6.45, 7) is 2.50. The zero-order valence-electron chi connectivity index (χ0n) is 36.2. The third-order valence-corrected chi connectivity index (χ3v) is 9.16. The summed E-state index contributed by atoms with van der Waals surface area (Å²) in [5, 5.41) is 8.89. The molecular formula is C48H74NO10P. The van der Waals surface area contributed by atoms with E-state index in [0.717, 1.165) is 57.8 Å². The van der Waals surface area contributed by atoms with Crippen LogP contribution in [0.25, 0.3) is 0 Å². The van der Waals surface area contributed by atoms with Gasteiger partial charge in [-0.1, -0.05) is 148 Å². The lowest BCUT2D eigenvalue weighted by Gasteiger charge is -2.20. The van der Waals surface area contributed by atoms with E-state index in [2.05, 4.69) is 110 Å².